The zero-order chi connectivity index (χ0) is 11.4. The van der Waals surface area contributed by atoms with E-state index in [2.05, 4.69) is 11.7 Å². The molecule has 1 unspecified atom stereocenters. The minimum atomic E-state index is -0.399. The van der Waals surface area contributed by atoms with E-state index < -0.39 is 5.91 Å². The lowest BCUT2D eigenvalue weighted by Crippen LogP contribution is -2.13. The summed E-state index contributed by atoms with van der Waals surface area (Å²) in [5.41, 5.74) is 5.95. The predicted octanol–water partition coefficient (Wildman–Crippen LogP) is 1.20. The Kier molecular flexibility index (Phi) is 4.20. The van der Waals surface area contributed by atoms with Crippen molar-refractivity contribution in [1.29, 1.82) is 0 Å². The second-order valence-electron chi connectivity index (χ2n) is 3.42. The Labute approximate surface area is 93.2 Å². The van der Waals surface area contributed by atoms with Gasteiger partial charge in [0.25, 0.3) is 0 Å². The minimum Gasteiger partial charge on any atom is -0.465 e. The van der Waals surface area contributed by atoms with E-state index in [0.29, 0.717) is 10.2 Å². The van der Waals surface area contributed by atoms with E-state index in [1.165, 1.54) is 18.9 Å². The third-order valence-electron chi connectivity index (χ3n) is 2.29. The van der Waals surface area contributed by atoms with Crippen LogP contribution in [0, 0.1) is 0 Å². The molecule has 1 rings (SSSR count). The van der Waals surface area contributed by atoms with Crippen LogP contribution in [0.1, 0.15) is 26.2 Å². The Bertz CT molecular complexity index is 312. The van der Waals surface area contributed by atoms with Crippen LogP contribution in [-0.2, 0) is 14.3 Å². The lowest BCUT2D eigenvalue weighted by atomic mass is 10.1. The van der Waals surface area contributed by atoms with Gasteiger partial charge in [-0.25, -0.2) is 4.79 Å². The van der Waals surface area contributed by atoms with E-state index in [0.717, 1.165) is 18.4 Å². The number of rotatable bonds is 4. The second-order valence-corrected chi connectivity index (χ2v) is 4.73. The van der Waals surface area contributed by atoms with Crippen molar-refractivity contribution in [1.82, 2.24) is 0 Å². The van der Waals surface area contributed by atoms with Gasteiger partial charge in [0, 0.05) is 11.7 Å². The highest BCUT2D eigenvalue weighted by Crippen LogP contribution is 2.41. The molecule has 15 heavy (non-hydrogen) atoms. The molecule has 0 aromatic rings. The largest absolute Gasteiger partial charge is 0.465 e. The first-order chi connectivity index (χ1) is 7.08. The average Bonchev–Trinajstić information content (AvgIpc) is 2.59. The number of carbonyl (C=O) groups is 2. The number of carbonyl (C=O) groups excluding carboxylic acids is 2. The van der Waals surface area contributed by atoms with Crippen LogP contribution < -0.4 is 5.73 Å². The van der Waals surface area contributed by atoms with Gasteiger partial charge in [-0.05, 0) is 18.4 Å². The zero-order valence-electron chi connectivity index (χ0n) is 8.91. The quantitative estimate of drug-likeness (QED) is 0.735. The van der Waals surface area contributed by atoms with Crippen molar-refractivity contribution in [3.05, 3.63) is 10.5 Å². The summed E-state index contributed by atoms with van der Waals surface area (Å²) in [5, 5.41) is 0.369. The van der Waals surface area contributed by atoms with Gasteiger partial charge in [-0.2, -0.15) is 0 Å². The van der Waals surface area contributed by atoms with Gasteiger partial charge in [-0.3, -0.25) is 4.79 Å². The highest BCUT2D eigenvalue weighted by molar-refractivity contribution is 8.04. The summed E-state index contributed by atoms with van der Waals surface area (Å²) in [6.45, 7) is 2.06. The third-order valence-corrected chi connectivity index (χ3v) is 3.82. The van der Waals surface area contributed by atoms with Gasteiger partial charge in [0.1, 0.15) is 0 Å². The minimum absolute atomic E-state index is 0.161. The smallest absolute Gasteiger partial charge is 0.344 e. The highest BCUT2D eigenvalue weighted by Gasteiger charge is 2.29. The van der Waals surface area contributed by atoms with Gasteiger partial charge < -0.3 is 10.5 Å². The Morgan fingerprint density at radius 2 is 2.27 bits per heavy atom. The summed E-state index contributed by atoms with van der Waals surface area (Å²) in [6, 6.07) is 0. The summed E-state index contributed by atoms with van der Waals surface area (Å²) in [4.78, 5) is 22.8. The van der Waals surface area contributed by atoms with Gasteiger partial charge in [-0.1, -0.05) is 6.92 Å². The maximum atomic E-state index is 11.4. The number of thioether (sulfide) groups is 1. The first-order valence-corrected chi connectivity index (χ1v) is 5.71. The molecule has 0 saturated heterocycles. The number of hydrogen-bond donors (Lipinski definition) is 1. The van der Waals surface area contributed by atoms with Crippen LogP contribution in [0.25, 0.3) is 0 Å². The predicted molar refractivity (Wildman–Crippen MR) is 59.1 cm³/mol. The molecule has 1 amide bonds. The number of hydrogen-bond acceptors (Lipinski definition) is 4. The summed E-state index contributed by atoms with van der Waals surface area (Å²) in [7, 11) is 1.34. The molecule has 0 aliphatic carbocycles. The van der Waals surface area contributed by atoms with Crippen LogP contribution in [-0.4, -0.2) is 24.2 Å². The lowest BCUT2D eigenvalue weighted by Gasteiger charge is -2.03. The number of primary amides is 1. The first kappa shape index (κ1) is 12.1. The standard InChI is InChI=1S/C10H15NO3S/c1-3-7-4-6(5-8(11)12)9(15-7)10(13)14-2/h7H,3-5H2,1-2H3,(H2,11,12). The lowest BCUT2D eigenvalue weighted by molar-refractivity contribution is -0.135. The number of nitrogens with two attached hydrogens (primary N) is 1. The molecular weight excluding hydrogens is 214 g/mol. The molecule has 1 aliphatic rings. The van der Waals surface area contributed by atoms with Gasteiger partial charge in [0.2, 0.25) is 5.91 Å². The number of methoxy groups -OCH3 is 1. The SMILES string of the molecule is CCC1CC(CC(N)=O)=C(C(=O)OC)S1. The Balaban J connectivity index is 2.81. The van der Waals surface area contributed by atoms with Crippen molar-refractivity contribution in [3.63, 3.8) is 0 Å². The Morgan fingerprint density at radius 1 is 1.60 bits per heavy atom. The average molecular weight is 229 g/mol. The summed E-state index contributed by atoms with van der Waals surface area (Å²) >= 11 is 1.49. The van der Waals surface area contributed by atoms with Crippen molar-refractivity contribution >= 4 is 23.6 Å². The molecule has 84 valence electrons. The van der Waals surface area contributed by atoms with Crippen LogP contribution >= 0.6 is 11.8 Å². The van der Waals surface area contributed by atoms with Crippen LogP contribution in [0.5, 0.6) is 0 Å². The molecule has 4 nitrogen and oxygen atoms in total. The molecule has 0 spiro atoms. The molecule has 1 aliphatic heterocycles. The normalized spacial score (nSPS) is 20.5. The summed E-state index contributed by atoms with van der Waals surface area (Å²) < 4.78 is 4.67. The fourth-order valence-corrected chi connectivity index (χ4v) is 2.82. The molecule has 1 atom stereocenters. The van der Waals surface area contributed by atoms with Gasteiger partial charge in [-0.15, -0.1) is 11.8 Å². The van der Waals surface area contributed by atoms with Crippen LogP contribution in [0.4, 0.5) is 0 Å². The van der Waals surface area contributed by atoms with Gasteiger partial charge in [0.15, 0.2) is 0 Å². The Hall–Kier alpha value is -0.970. The zero-order valence-corrected chi connectivity index (χ0v) is 9.73. The van der Waals surface area contributed by atoms with Crippen LogP contribution in [0.3, 0.4) is 0 Å². The molecule has 0 saturated carbocycles. The summed E-state index contributed by atoms with van der Waals surface area (Å²) in [6.07, 6.45) is 1.88. The fraction of sp³-hybridized carbons (Fsp3) is 0.600. The van der Waals surface area contributed by atoms with Crippen molar-refractivity contribution in [2.75, 3.05) is 7.11 Å². The molecule has 5 heteroatoms. The maximum Gasteiger partial charge on any atom is 0.344 e. The van der Waals surface area contributed by atoms with Crippen molar-refractivity contribution in [2.45, 2.75) is 31.4 Å². The summed E-state index contributed by atoms with van der Waals surface area (Å²) in [5.74, 6) is -0.754. The topological polar surface area (TPSA) is 69.4 Å². The first-order valence-electron chi connectivity index (χ1n) is 4.83. The van der Waals surface area contributed by atoms with E-state index in [1.807, 2.05) is 0 Å². The monoisotopic (exact) mass is 229 g/mol. The molecule has 0 fully saturated rings. The fourth-order valence-electron chi connectivity index (χ4n) is 1.53. The van der Waals surface area contributed by atoms with Crippen molar-refractivity contribution in [2.24, 2.45) is 5.73 Å². The van der Waals surface area contributed by atoms with E-state index in [1.54, 1.807) is 0 Å². The molecule has 0 radical (unpaired) electrons. The highest BCUT2D eigenvalue weighted by atomic mass is 32.2. The maximum absolute atomic E-state index is 11.4. The Morgan fingerprint density at radius 3 is 2.73 bits per heavy atom. The van der Waals surface area contributed by atoms with Gasteiger partial charge >= 0.3 is 5.97 Å². The molecule has 1 heterocycles. The number of ether oxygens (including phenoxy) is 1. The van der Waals surface area contributed by atoms with Gasteiger partial charge in [0.05, 0.1) is 12.0 Å². The molecular formula is C10H15NO3S. The van der Waals surface area contributed by atoms with Crippen molar-refractivity contribution in [3.8, 4) is 0 Å². The van der Waals surface area contributed by atoms with Crippen LogP contribution in [0.2, 0.25) is 0 Å². The number of amides is 1. The second kappa shape index (κ2) is 5.21. The van der Waals surface area contributed by atoms with Crippen molar-refractivity contribution < 1.29 is 14.3 Å². The number of esters is 1. The van der Waals surface area contributed by atoms with E-state index in [9.17, 15) is 9.59 Å². The molecule has 0 bridgehead atoms. The van der Waals surface area contributed by atoms with E-state index in [4.69, 9.17) is 5.73 Å². The van der Waals surface area contributed by atoms with E-state index >= 15 is 0 Å². The van der Waals surface area contributed by atoms with E-state index in [-0.39, 0.29) is 12.4 Å². The molecule has 0 aromatic heterocycles. The molecule has 0 aromatic carbocycles. The van der Waals surface area contributed by atoms with Crippen LogP contribution in [0.15, 0.2) is 10.5 Å². The third kappa shape index (κ3) is 2.99. The molecule has 2 N–H and O–H groups in total.